The molecule has 7 heteroatoms. The number of aryl methyl sites for hydroxylation is 1. The molecule has 0 aromatic carbocycles. The Morgan fingerprint density at radius 3 is 2.73 bits per heavy atom. The minimum Gasteiger partial charge on any atom is -0.353 e. The lowest BCUT2D eigenvalue weighted by Gasteiger charge is -2.36. The SMILES string of the molecule is C[C@@H]1CCc2ncnc(N3CCN(C(=O)Cc4ccc(Br)cn4)CC3)c21. The molecule has 0 N–H and O–H groups in total. The number of anilines is 1. The number of fused-ring (bicyclic) bond motifs is 1. The van der Waals surface area contributed by atoms with Crippen LogP contribution in [0.15, 0.2) is 29.1 Å². The number of halogens is 1. The fraction of sp³-hybridized carbons (Fsp3) is 0.474. The molecule has 1 aliphatic heterocycles. The quantitative estimate of drug-likeness (QED) is 0.770. The van der Waals surface area contributed by atoms with Crippen LogP contribution in [0.1, 0.15) is 36.2 Å². The normalized spacial score (nSPS) is 19.5. The van der Waals surface area contributed by atoms with Crippen LogP contribution in [0, 0.1) is 0 Å². The van der Waals surface area contributed by atoms with Gasteiger partial charge in [-0.15, -0.1) is 0 Å². The second-order valence-corrected chi connectivity index (χ2v) is 7.93. The van der Waals surface area contributed by atoms with Gasteiger partial charge in [-0.05, 0) is 46.8 Å². The van der Waals surface area contributed by atoms with Crippen LogP contribution in [0.2, 0.25) is 0 Å². The first-order valence-corrected chi connectivity index (χ1v) is 9.88. The van der Waals surface area contributed by atoms with Crippen molar-refractivity contribution in [3.8, 4) is 0 Å². The maximum atomic E-state index is 12.6. The molecule has 6 nitrogen and oxygen atoms in total. The van der Waals surface area contributed by atoms with Gasteiger partial charge in [0, 0.05) is 53.8 Å². The highest BCUT2D eigenvalue weighted by molar-refractivity contribution is 9.10. The van der Waals surface area contributed by atoms with Gasteiger partial charge < -0.3 is 9.80 Å². The van der Waals surface area contributed by atoms with Crippen molar-refractivity contribution in [2.24, 2.45) is 0 Å². The lowest BCUT2D eigenvalue weighted by molar-refractivity contribution is -0.130. The van der Waals surface area contributed by atoms with Gasteiger partial charge in [0.15, 0.2) is 0 Å². The summed E-state index contributed by atoms with van der Waals surface area (Å²) < 4.78 is 0.925. The van der Waals surface area contributed by atoms with Gasteiger partial charge in [0.2, 0.25) is 5.91 Å². The van der Waals surface area contributed by atoms with E-state index in [1.165, 1.54) is 11.3 Å². The van der Waals surface area contributed by atoms with Gasteiger partial charge in [-0.1, -0.05) is 6.92 Å². The van der Waals surface area contributed by atoms with Crippen molar-refractivity contribution in [2.75, 3.05) is 31.1 Å². The van der Waals surface area contributed by atoms with Crippen molar-refractivity contribution in [3.63, 3.8) is 0 Å². The van der Waals surface area contributed by atoms with Gasteiger partial charge in [-0.25, -0.2) is 9.97 Å². The maximum absolute atomic E-state index is 12.6. The van der Waals surface area contributed by atoms with E-state index in [1.807, 2.05) is 17.0 Å². The van der Waals surface area contributed by atoms with E-state index in [-0.39, 0.29) is 5.91 Å². The monoisotopic (exact) mass is 415 g/mol. The number of nitrogens with zero attached hydrogens (tertiary/aromatic N) is 5. The van der Waals surface area contributed by atoms with Gasteiger partial charge in [0.1, 0.15) is 12.1 Å². The predicted molar refractivity (Wildman–Crippen MR) is 103 cm³/mol. The fourth-order valence-electron chi connectivity index (χ4n) is 3.82. The summed E-state index contributed by atoms with van der Waals surface area (Å²) in [6.45, 7) is 5.33. The summed E-state index contributed by atoms with van der Waals surface area (Å²) in [5.41, 5.74) is 3.32. The van der Waals surface area contributed by atoms with E-state index >= 15 is 0 Å². The standard InChI is InChI=1S/C19H22BrN5O/c1-13-2-5-16-18(13)19(23-12-22-16)25-8-6-24(7-9-25)17(26)10-15-4-3-14(20)11-21-15/h3-4,11-13H,2,5-10H2,1H3/t13-/m1/s1. The van der Waals surface area contributed by atoms with Crippen molar-refractivity contribution in [2.45, 2.75) is 32.1 Å². The molecule has 0 unspecified atom stereocenters. The third kappa shape index (κ3) is 3.45. The van der Waals surface area contributed by atoms with Gasteiger partial charge >= 0.3 is 0 Å². The van der Waals surface area contributed by atoms with E-state index in [0.717, 1.165) is 55.0 Å². The Bertz CT molecular complexity index is 802. The van der Waals surface area contributed by atoms with Crippen molar-refractivity contribution in [1.29, 1.82) is 0 Å². The Morgan fingerprint density at radius 2 is 2.00 bits per heavy atom. The molecule has 1 atom stereocenters. The number of pyridine rings is 1. The minimum atomic E-state index is 0.140. The Kier molecular flexibility index (Phi) is 4.89. The molecule has 1 amide bonds. The topological polar surface area (TPSA) is 62.2 Å². The summed E-state index contributed by atoms with van der Waals surface area (Å²) in [7, 11) is 0. The minimum absolute atomic E-state index is 0.140. The Hall–Kier alpha value is -2.02. The van der Waals surface area contributed by atoms with Gasteiger partial charge in [0.05, 0.1) is 6.42 Å². The van der Waals surface area contributed by atoms with Crippen LogP contribution in [0.25, 0.3) is 0 Å². The molecule has 1 saturated heterocycles. The first kappa shape index (κ1) is 17.4. The summed E-state index contributed by atoms with van der Waals surface area (Å²) in [6, 6.07) is 3.81. The van der Waals surface area contributed by atoms with Gasteiger partial charge in [-0.2, -0.15) is 0 Å². The molecule has 0 radical (unpaired) electrons. The van der Waals surface area contributed by atoms with Crippen LogP contribution in [0.4, 0.5) is 5.82 Å². The molecular weight excluding hydrogens is 394 g/mol. The van der Waals surface area contributed by atoms with E-state index in [1.54, 1.807) is 12.5 Å². The first-order valence-electron chi connectivity index (χ1n) is 9.08. The number of aromatic nitrogens is 3. The number of hydrogen-bond acceptors (Lipinski definition) is 5. The molecule has 3 heterocycles. The lowest BCUT2D eigenvalue weighted by Crippen LogP contribution is -2.49. The number of piperazine rings is 1. The highest BCUT2D eigenvalue weighted by Crippen LogP contribution is 2.37. The van der Waals surface area contributed by atoms with Crippen molar-refractivity contribution < 1.29 is 4.79 Å². The number of rotatable bonds is 3. The van der Waals surface area contributed by atoms with Crippen LogP contribution in [0.3, 0.4) is 0 Å². The molecule has 1 fully saturated rings. The number of carbonyl (C=O) groups is 1. The average Bonchev–Trinajstić information content (AvgIpc) is 3.05. The largest absolute Gasteiger partial charge is 0.353 e. The Labute approximate surface area is 161 Å². The average molecular weight is 416 g/mol. The number of hydrogen-bond donors (Lipinski definition) is 0. The van der Waals surface area contributed by atoms with Gasteiger partial charge in [0.25, 0.3) is 0 Å². The zero-order valence-electron chi connectivity index (χ0n) is 14.9. The molecule has 136 valence electrons. The van der Waals surface area contributed by atoms with Crippen molar-refractivity contribution >= 4 is 27.7 Å². The molecule has 0 bridgehead atoms. The summed E-state index contributed by atoms with van der Waals surface area (Å²) in [6.07, 6.45) is 5.97. The highest BCUT2D eigenvalue weighted by Gasteiger charge is 2.29. The zero-order valence-corrected chi connectivity index (χ0v) is 16.4. The molecule has 2 aromatic rings. The van der Waals surface area contributed by atoms with E-state index in [0.29, 0.717) is 12.3 Å². The molecular formula is C19H22BrN5O. The van der Waals surface area contributed by atoms with E-state index in [2.05, 4.69) is 42.7 Å². The van der Waals surface area contributed by atoms with E-state index in [4.69, 9.17) is 0 Å². The molecule has 0 spiro atoms. The summed E-state index contributed by atoms with van der Waals surface area (Å²) in [5, 5.41) is 0. The second kappa shape index (κ2) is 7.31. The summed E-state index contributed by atoms with van der Waals surface area (Å²) >= 11 is 3.37. The molecule has 0 saturated carbocycles. The summed E-state index contributed by atoms with van der Waals surface area (Å²) in [5.74, 6) is 1.73. The first-order chi connectivity index (χ1) is 12.6. The summed E-state index contributed by atoms with van der Waals surface area (Å²) in [4.78, 5) is 30.1. The maximum Gasteiger partial charge on any atom is 0.228 e. The predicted octanol–water partition coefficient (Wildman–Crippen LogP) is 2.58. The van der Waals surface area contributed by atoms with Crippen LogP contribution < -0.4 is 4.90 Å². The molecule has 4 rings (SSSR count). The van der Waals surface area contributed by atoms with E-state index < -0.39 is 0 Å². The van der Waals surface area contributed by atoms with Crippen LogP contribution in [-0.2, 0) is 17.6 Å². The smallest absolute Gasteiger partial charge is 0.228 e. The lowest BCUT2D eigenvalue weighted by atomic mass is 10.1. The third-order valence-corrected chi connectivity index (χ3v) is 5.77. The zero-order chi connectivity index (χ0) is 18.1. The Balaban J connectivity index is 1.39. The van der Waals surface area contributed by atoms with E-state index in [9.17, 15) is 4.79 Å². The number of amides is 1. The fourth-order valence-corrected chi connectivity index (χ4v) is 4.05. The van der Waals surface area contributed by atoms with Crippen molar-refractivity contribution in [1.82, 2.24) is 19.9 Å². The van der Waals surface area contributed by atoms with Crippen molar-refractivity contribution in [3.05, 3.63) is 46.1 Å². The highest BCUT2D eigenvalue weighted by atomic mass is 79.9. The Morgan fingerprint density at radius 1 is 1.19 bits per heavy atom. The molecule has 26 heavy (non-hydrogen) atoms. The number of carbonyl (C=O) groups excluding carboxylic acids is 1. The van der Waals surface area contributed by atoms with Crippen LogP contribution in [0.5, 0.6) is 0 Å². The molecule has 2 aliphatic rings. The third-order valence-electron chi connectivity index (χ3n) is 5.31. The molecule has 1 aliphatic carbocycles. The van der Waals surface area contributed by atoms with Crippen LogP contribution in [-0.4, -0.2) is 51.9 Å². The molecule has 2 aromatic heterocycles. The second-order valence-electron chi connectivity index (χ2n) is 7.01. The van der Waals surface area contributed by atoms with Crippen LogP contribution >= 0.6 is 15.9 Å². The van der Waals surface area contributed by atoms with Gasteiger partial charge in [-0.3, -0.25) is 9.78 Å².